The summed E-state index contributed by atoms with van der Waals surface area (Å²) in [5, 5.41) is 1.78. The smallest absolute Gasteiger partial charge is 0.282 e. The number of hydrazine groups is 1. The fourth-order valence-corrected chi connectivity index (χ4v) is 2.30. The predicted molar refractivity (Wildman–Crippen MR) is 87.9 cm³/mol. The van der Waals surface area contributed by atoms with E-state index in [1.807, 2.05) is 0 Å². The van der Waals surface area contributed by atoms with Crippen LogP contribution in [0.4, 0.5) is 5.69 Å². The first-order chi connectivity index (χ1) is 11.1. The molecule has 1 aliphatic rings. The Labute approximate surface area is 141 Å². The van der Waals surface area contributed by atoms with E-state index in [9.17, 15) is 9.59 Å². The molecule has 2 heterocycles. The van der Waals surface area contributed by atoms with E-state index in [2.05, 4.69) is 5.43 Å². The van der Waals surface area contributed by atoms with E-state index in [0.29, 0.717) is 21.5 Å². The maximum Gasteiger partial charge on any atom is 0.282 e. The zero-order valence-electron chi connectivity index (χ0n) is 11.6. The molecule has 7 heteroatoms. The zero-order valence-corrected chi connectivity index (χ0v) is 13.1. The van der Waals surface area contributed by atoms with Crippen LogP contribution in [0.25, 0.3) is 6.08 Å². The first kappa shape index (κ1) is 15.4. The molecule has 0 bridgehead atoms. The van der Waals surface area contributed by atoms with E-state index >= 15 is 0 Å². The molecule has 0 radical (unpaired) electrons. The summed E-state index contributed by atoms with van der Waals surface area (Å²) < 4.78 is 5.13. The fourth-order valence-electron chi connectivity index (χ4n) is 2.01. The number of hydrogen-bond acceptors (Lipinski definition) is 3. The van der Waals surface area contributed by atoms with Gasteiger partial charge in [-0.3, -0.25) is 15.0 Å². The zero-order chi connectivity index (χ0) is 16.4. The maximum absolute atomic E-state index is 12.3. The van der Waals surface area contributed by atoms with Crippen molar-refractivity contribution >= 4 is 46.8 Å². The van der Waals surface area contributed by atoms with Crippen LogP contribution < -0.4 is 10.4 Å². The summed E-state index contributed by atoms with van der Waals surface area (Å²) in [7, 11) is 0. The van der Waals surface area contributed by atoms with E-state index in [1.165, 1.54) is 18.4 Å². The highest BCUT2D eigenvalue weighted by Crippen LogP contribution is 2.28. The molecule has 2 aromatic rings. The van der Waals surface area contributed by atoms with Gasteiger partial charge >= 0.3 is 0 Å². The Morgan fingerprint density at radius 3 is 2.65 bits per heavy atom. The number of hydrogen-bond donors (Lipinski definition) is 1. The van der Waals surface area contributed by atoms with Crippen molar-refractivity contribution in [2.24, 2.45) is 0 Å². The van der Waals surface area contributed by atoms with Crippen LogP contribution in [-0.2, 0) is 9.59 Å². The van der Waals surface area contributed by atoms with Crippen molar-refractivity contribution in [3.8, 4) is 0 Å². The van der Waals surface area contributed by atoms with Gasteiger partial charge in [-0.1, -0.05) is 29.3 Å². The SMILES string of the molecule is O=C1NN(c2ccc(Cl)c(Cl)c2)C(=O)/C1=C\C=C\c1ccco1. The average molecular weight is 349 g/mol. The van der Waals surface area contributed by atoms with Crippen LogP contribution >= 0.6 is 23.2 Å². The lowest BCUT2D eigenvalue weighted by atomic mass is 10.2. The number of nitrogens with zero attached hydrogens (tertiary/aromatic N) is 1. The molecule has 0 spiro atoms. The summed E-state index contributed by atoms with van der Waals surface area (Å²) in [6, 6.07) is 8.15. The number of nitrogens with one attached hydrogen (secondary N) is 1. The predicted octanol–water partition coefficient (Wildman–Crippen LogP) is 3.60. The van der Waals surface area contributed by atoms with E-state index in [1.54, 1.807) is 36.4 Å². The first-order valence-electron chi connectivity index (χ1n) is 6.58. The van der Waals surface area contributed by atoms with Gasteiger partial charge in [0.05, 0.1) is 22.0 Å². The third-order valence-electron chi connectivity index (χ3n) is 3.12. The van der Waals surface area contributed by atoms with E-state index < -0.39 is 11.8 Å². The van der Waals surface area contributed by atoms with Crippen molar-refractivity contribution < 1.29 is 14.0 Å². The number of carbonyl (C=O) groups excluding carboxylic acids is 2. The van der Waals surface area contributed by atoms with Gasteiger partial charge in [0.2, 0.25) is 0 Å². The molecule has 2 amide bonds. The van der Waals surface area contributed by atoms with Crippen LogP contribution in [-0.4, -0.2) is 11.8 Å². The summed E-state index contributed by atoms with van der Waals surface area (Å²) in [4.78, 5) is 24.3. The highest BCUT2D eigenvalue weighted by atomic mass is 35.5. The Hall–Kier alpha value is -2.50. The monoisotopic (exact) mass is 348 g/mol. The Bertz CT molecular complexity index is 826. The van der Waals surface area contributed by atoms with Gasteiger partial charge in [0.1, 0.15) is 11.3 Å². The third-order valence-corrected chi connectivity index (χ3v) is 3.86. The summed E-state index contributed by atoms with van der Waals surface area (Å²) >= 11 is 11.8. The second-order valence-electron chi connectivity index (χ2n) is 4.63. The van der Waals surface area contributed by atoms with Crippen LogP contribution in [0, 0.1) is 0 Å². The number of rotatable bonds is 3. The van der Waals surface area contributed by atoms with Gasteiger partial charge in [0.25, 0.3) is 11.8 Å². The third kappa shape index (κ3) is 3.16. The van der Waals surface area contributed by atoms with Crippen LogP contribution in [0.15, 0.2) is 58.7 Å². The minimum atomic E-state index is -0.495. The van der Waals surface area contributed by atoms with Gasteiger partial charge in [-0.2, -0.15) is 0 Å². The Morgan fingerprint density at radius 2 is 1.96 bits per heavy atom. The minimum Gasteiger partial charge on any atom is -0.465 e. The van der Waals surface area contributed by atoms with Crippen molar-refractivity contribution in [3.63, 3.8) is 0 Å². The molecule has 1 aromatic carbocycles. The van der Waals surface area contributed by atoms with E-state index in [-0.39, 0.29) is 5.57 Å². The summed E-state index contributed by atoms with van der Waals surface area (Å²) in [6.07, 6.45) is 6.18. The maximum atomic E-state index is 12.3. The average Bonchev–Trinajstić information content (AvgIpc) is 3.13. The molecule has 0 saturated carbocycles. The number of allylic oxidation sites excluding steroid dienone is 2. The van der Waals surface area contributed by atoms with Gasteiger partial charge in [-0.25, -0.2) is 5.01 Å². The Kier molecular flexibility index (Phi) is 4.23. The molecular weight excluding hydrogens is 339 g/mol. The number of carbonyl (C=O) groups is 2. The quantitative estimate of drug-likeness (QED) is 0.680. The molecule has 0 aliphatic carbocycles. The van der Waals surface area contributed by atoms with Crippen molar-refractivity contribution in [2.75, 3.05) is 5.01 Å². The summed E-state index contributed by atoms with van der Waals surface area (Å²) in [6.45, 7) is 0. The number of benzene rings is 1. The molecular formula is C16H10Cl2N2O3. The lowest BCUT2D eigenvalue weighted by Gasteiger charge is -2.15. The number of amides is 2. The van der Waals surface area contributed by atoms with Gasteiger partial charge < -0.3 is 4.42 Å². The van der Waals surface area contributed by atoms with E-state index in [4.69, 9.17) is 27.6 Å². The molecule has 23 heavy (non-hydrogen) atoms. The number of halogens is 2. The molecule has 0 unspecified atom stereocenters. The molecule has 1 N–H and O–H groups in total. The first-order valence-corrected chi connectivity index (χ1v) is 7.34. The van der Waals surface area contributed by atoms with Gasteiger partial charge in [-0.15, -0.1) is 0 Å². The molecule has 1 fully saturated rings. The molecule has 5 nitrogen and oxygen atoms in total. The van der Waals surface area contributed by atoms with Crippen molar-refractivity contribution in [1.82, 2.24) is 5.43 Å². The lowest BCUT2D eigenvalue weighted by Crippen LogP contribution is -2.35. The highest BCUT2D eigenvalue weighted by molar-refractivity contribution is 6.42. The lowest BCUT2D eigenvalue weighted by molar-refractivity contribution is -0.117. The largest absolute Gasteiger partial charge is 0.465 e. The van der Waals surface area contributed by atoms with Gasteiger partial charge in [0, 0.05) is 0 Å². The minimum absolute atomic E-state index is 0.0129. The normalized spacial score (nSPS) is 16.6. The van der Waals surface area contributed by atoms with E-state index in [0.717, 1.165) is 5.01 Å². The number of furan rings is 1. The molecule has 3 rings (SSSR count). The highest BCUT2D eigenvalue weighted by Gasteiger charge is 2.34. The second-order valence-corrected chi connectivity index (χ2v) is 5.45. The van der Waals surface area contributed by atoms with Gasteiger partial charge in [-0.05, 0) is 42.5 Å². The Morgan fingerprint density at radius 1 is 1.13 bits per heavy atom. The molecule has 116 valence electrons. The molecule has 1 aromatic heterocycles. The van der Waals surface area contributed by atoms with Crippen LogP contribution in [0.2, 0.25) is 10.0 Å². The molecule has 1 saturated heterocycles. The summed E-state index contributed by atoms with van der Waals surface area (Å²) in [5.74, 6) is -0.350. The van der Waals surface area contributed by atoms with Crippen LogP contribution in [0.1, 0.15) is 5.76 Å². The molecule has 1 aliphatic heterocycles. The van der Waals surface area contributed by atoms with Crippen molar-refractivity contribution in [2.45, 2.75) is 0 Å². The fraction of sp³-hybridized carbons (Fsp3) is 0. The topological polar surface area (TPSA) is 62.6 Å². The van der Waals surface area contributed by atoms with Crippen LogP contribution in [0.5, 0.6) is 0 Å². The van der Waals surface area contributed by atoms with Crippen molar-refractivity contribution in [1.29, 1.82) is 0 Å². The standard InChI is InChI=1S/C16H10Cl2N2O3/c17-13-7-6-10(9-14(13)18)20-16(22)12(15(21)19-20)5-1-3-11-4-2-8-23-11/h1-9H,(H,19,21)/b3-1+,12-5-. The Balaban J connectivity index is 1.83. The number of anilines is 1. The van der Waals surface area contributed by atoms with Crippen molar-refractivity contribution in [3.05, 3.63) is 70.1 Å². The molecule has 0 atom stereocenters. The second kappa shape index (κ2) is 6.32. The van der Waals surface area contributed by atoms with Gasteiger partial charge in [0.15, 0.2) is 0 Å². The van der Waals surface area contributed by atoms with Crippen LogP contribution in [0.3, 0.4) is 0 Å². The summed E-state index contributed by atoms with van der Waals surface area (Å²) in [5.41, 5.74) is 2.92.